The third-order valence-corrected chi connectivity index (χ3v) is 10.3. The van der Waals surface area contributed by atoms with Gasteiger partial charge in [-0.05, 0) is 88.7 Å². The van der Waals surface area contributed by atoms with E-state index in [4.69, 9.17) is 19.4 Å². The summed E-state index contributed by atoms with van der Waals surface area (Å²) < 4.78 is 15.0. The van der Waals surface area contributed by atoms with Crippen LogP contribution in [0.1, 0.15) is 56.6 Å². The largest absolute Gasteiger partial charge is 0.465 e. The summed E-state index contributed by atoms with van der Waals surface area (Å²) in [4.78, 5) is 36.6. The Bertz CT molecular complexity index is 2730. The van der Waals surface area contributed by atoms with E-state index in [0.29, 0.717) is 24.2 Å². The van der Waals surface area contributed by atoms with Gasteiger partial charge < -0.3 is 18.6 Å². The molecule has 56 heavy (non-hydrogen) atoms. The number of ether oxygens (including phenoxy) is 2. The number of imidazole rings is 2. The molecular formula is C48H42N4O4. The van der Waals surface area contributed by atoms with Crippen molar-refractivity contribution in [3.05, 3.63) is 167 Å². The lowest BCUT2D eigenvalue weighted by Crippen LogP contribution is -2.09. The van der Waals surface area contributed by atoms with Gasteiger partial charge in [0.2, 0.25) is 0 Å². The summed E-state index contributed by atoms with van der Waals surface area (Å²) in [6.07, 6.45) is 1.73. The molecule has 0 amide bonds. The van der Waals surface area contributed by atoms with Gasteiger partial charge in [0.25, 0.3) is 0 Å². The van der Waals surface area contributed by atoms with E-state index >= 15 is 0 Å². The quantitative estimate of drug-likeness (QED) is 0.123. The van der Waals surface area contributed by atoms with E-state index in [1.807, 2.05) is 103 Å². The van der Waals surface area contributed by atoms with Crippen LogP contribution in [0.3, 0.4) is 0 Å². The van der Waals surface area contributed by atoms with Crippen LogP contribution in [-0.2, 0) is 29.0 Å². The smallest absolute Gasteiger partial charge is 0.338 e. The molecule has 0 aliphatic rings. The van der Waals surface area contributed by atoms with Crippen LogP contribution in [0.4, 0.5) is 0 Å². The first-order chi connectivity index (χ1) is 27.4. The van der Waals surface area contributed by atoms with Gasteiger partial charge >= 0.3 is 11.9 Å². The van der Waals surface area contributed by atoms with E-state index in [1.165, 1.54) is 14.2 Å². The molecule has 0 fully saturated rings. The summed E-state index contributed by atoms with van der Waals surface area (Å²) in [5.74, 6) is 1.04. The zero-order valence-corrected chi connectivity index (χ0v) is 32.0. The van der Waals surface area contributed by atoms with Crippen LogP contribution in [0.2, 0.25) is 0 Å². The first kappa shape index (κ1) is 36.2. The number of benzene rings is 6. The lowest BCUT2D eigenvalue weighted by atomic mass is 9.97. The molecule has 0 N–H and O–H groups in total. The van der Waals surface area contributed by atoms with Crippen LogP contribution in [0.25, 0.3) is 55.7 Å². The van der Waals surface area contributed by atoms with E-state index < -0.39 is 0 Å². The number of para-hydroxylation sites is 2. The number of hydrogen-bond acceptors (Lipinski definition) is 6. The first-order valence-electron chi connectivity index (χ1n) is 18.9. The Morgan fingerprint density at radius 3 is 1.71 bits per heavy atom. The Morgan fingerprint density at radius 1 is 0.589 bits per heavy atom. The van der Waals surface area contributed by atoms with Crippen molar-refractivity contribution in [2.75, 3.05) is 14.2 Å². The minimum atomic E-state index is -0.382. The predicted octanol–water partition coefficient (Wildman–Crippen LogP) is 10.3. The molecule has 8 nitrogen and oxygen atoms in total. The highest BCUT2D eigenvalue weighted by Gasteiger charge is 2.21. The number of nitrogens with zero attached hydrogens (tertiary/aromatic N) is 4. The second kappa shape index (κ2) is 15.5. The Labute approximate surface area is 326 Å². The van der Waals surface area contributed by atoms with Gasteiger partial charge in [-0.3, -0.25) is 0 Å². The maximum Gasteiger partial charge on any atom is 0.338 e. The summed E-state index contributed by atoms with van der Waals surface area (Å²) in [7, 11) is 2.83. The van der Waals surface area contributed by atoms with E-state index in [-0.39, 0.29) is 11.9 Å². The summed E-state index contributed by atoms with van der Waals surface area (Å²) >= 11 is 0. The van der Waals surface area contributed by atoms with Gasteiger partial charge in [0.1, 0.15) is 11.6 Å². The van der Waals surface area contributed by atoms with E-state index in [2.05, 4.69) is 53.3 Å². The van der Waals surface area contributed by atoms with Gasteiger partial charge in [0.05, 0.1) is 47.4 Å². The number of fused-ring (bicyclic) bond motifs is 2. The average molecular weight is 739 g/mol. The average Bonchev–Trinajstić information content (AvgIpc) is 3.78. The number of hydrogen-bond donors (Lipinski definition) is 0. The zero-order chi connectivity index (χ0) is 38.8. The molecule has 0 bridgehead atoms. The minimum Gasteiger partial charge on any atom is -0.465 e. The van der Waals surface area contributed by atoms with Gasteiger partial charge in [-0.25, -0.2) is 19.6 Å². The molecule has 0 aliphatic carbocycles. The van der Waals surface area contributed by atoms with Crippen LogP contribution in [0, 0.1) is 6.92 Å². The molecule has 0 saturated carbocycles. The van der Waals surface area contributed by atoms with Gasteiger partial charge in [-0.1, -0.05) is 104 Å². The zero-order valence-electron chi connectivity index (χ0n) is 32.0. The highest BCUT2D eigenvalue weighted by atomic mass is 16.5. The van der Waals surface area contributed by atoms with Crippen LogP contribution >= 0.6 is 0 Å². The van der Waals surface area contributed by atoms with Gasteiger partial charge in [-0.15, -0.1) is 0 Å². The number of aromatic nitrogens is 4. The summed E-state index contributed by atoms with van der Waals surface area (Å²) in [5.41, 5.74) is 12.3. The summed E-state index contributed by atoms with van der Waals surface area (Å²) in [6, 6.07) is 44.3. The standard InChI is InChI=1S/C48H42N4O4/c1-5-14-44-50-45-31(2)25-36(28-43(45)51(44)29-32-21-23-37(34-15-8-6-9-16-34)39(26-32)47(53)55-3)46-49-41-19-12-13-20-42(41)52(46)30-33-22-24-38(35-17-10-7-11-18-35)40(27-33)48(54)56-4/h6-13,15-28H,5,14,29-30H2,1-4H3. The number of carbonyl (C=O) groups is 2. The summed E-state index contributed by atoms with van der Waals surface area (Å²) in [6.45, 7) is 5.26. The van der Waals surface area contributed by atoms with Gasteiger partial charge in [0, 0.05) is 25.1 Å². The highest BCUT2D eigenvalue weighted by Crippen LogP contribution is 2.34. The molecule has 0 spiro atoms. The SMILES string of the molecule is CCCc1nc2c(C)cc(-c3nc4ccccc4n3Cc3ccc(-c4ccccc4)c(C(=O)OC)c3)cc2n1Cc1ccc(-c2ccccc2)c(C(=O)OC)c1. The van der Waals surface area contributed by atoms with Gasteiger partial charge in [0.15, 0.2) is 0 Å². The Balaban J connectivity index is 1.24. The van der Waals surface area contributed by atoms with Crippen molar-refractivity contribution in [3.8, 4) is 33.6 Å². The molecule has 6 aromatic carbocycles. The molecule has 2 aromatic heterocycles. The number of rotatable bonds is 11. The number of esters is 2. The van der Waals surface area contributed by atoms with E-state index in [1.54, 1.807) is 0 Å². The number of aryl methyl sites for hydroxylation is 2. The molecule has 8 heteroatoms. The number of methoxy groups -OCH3 is 2. The van der Waals surface area contributed by atoms with Crippen molar-refractivity contribution < 1.29 is 19.1 Å². The molecule has 8 aromatic rings. The maximum atomic E-state index is 13.1. The second-order valence-electron chi connectivity index (χ2n) is 14.0. The van der Waals surface area contributed by atoms with E-state index in [0.717, 1.165) is 91.1 Å². The first-order valence-corrected chi connectivity index (χ1v) is 18.9. The Morgan fingerprint density at radius 2 is 1.14 bits per heavy atom. The fourth-order valence-electron chi connectivity index (χ4n) is 7.66. The lowest BCUT2D eigenvalue weighted by Gasteiger charge is -2.15. The van der Waals surface area contributed by atoms with Crippen molar-refractivity contribution in [1.82, 2.24) is 19.1 Å². The molecule has 0 aliphatic heterocycles. The molecule has 8 rings (SSSR count). The Kier molecular flexibility index (Phi) is 10.0. The predicted molar refractivity (Wildman–Crippen MR) is 222 cm³/mol. The van der Waals surface area contributed by atoms with Crippen LogP contribution in [0.15, 0.2) is 133 Å². The van der Waals surface area contributed by atoms with Crippen LogP contribution in [0.5, 0.6) is 0 Å². The van der Waals surface area contributed by atoms with Crippen LogP contribution in [-0.4, -0.2) is 45.3 Å². The highest BCUT2D eigenvalue weighted by molar-refractivity contribution is 5.98. The summed E-state index contributed by atoms with van der Waals surface area (Å²) in [5, 5.41) is 0. The molecule has 0 unspecified atom stereocenters. The van der Waals surface area contributed by atoms with Crippen LogP contribution < -0.4 is 0 Å². The topological polar surface area (TPSA) is 88.2 Å². The van der Waals surface area contributed by atoms with Crippen molar-refractivity contribution in [2.24, 2.45) is 0 Å². The molecule has 278 valence electrons. The van der Waals surface area contributed by atoms with Crippen molar-refractivity contribution in [3.63, 3.8) is 0 Å². The normalized spacial score (nSPS) is 11.3. The Hall–Kier alpha value is -6.80. The van der Waals surface area contributed by atoms with Crippen molar-refractivity contribution in [2.45, 2.75) is 39.8 Å². The van der Waals surface area contributed by atoms with E-state index in [9.17, 15) is 9.59 Å². The third-order valence-electron chi connectivity index (χ3n) is 10.3. The van der Waals surface area contributed by atoms with Crippen molar-refractivity contribution in [1.29, 1.82) is 0 Å². The van der Waals surface area contributed by atoms with Gasteiger partial charge in [-0.2, -0.15) is 0 Å². The molecule has 0 atom stereocenters. The third kappa shape index (κ3) is 6.86. The fourth-order valence-corrected chi connectivity index (χ4v) is 7.66. The monoisotopic (exact) mass is 738 g/mol. The molecule has 0 radical (unpaired) electrons. The molecular weight excluding hydrogens is 697 g/mol. The fraction of sp³-hybridized carbons (Fsp3) is 0.167. The van der Waals surface area contributed by atoms with Crippen molar-refractivity contribution >= 4 is 34.0 Å². The number of carbonyl (C=O) groups excluding carboxylic acids is 2. The maximum absolute atomic E-state index is 13.1. The minimum absolute atomic E-state index is 0.375. The lowest BCUT2D eigenvalue weighted by molar-refractivity contribution is 0.0592. The second-order valence-corrected chi connectivity index (χ2v) is 14.0. The molecule has 0 saturated heterocycles. The molecule has 2 heterocycles.